The summed E-state index contributed by atoms with van der Waals surface area (Å²) in [7, 11) is 4.20. The van der Waals surface area contributed by atoms with E-state index in [4.69, 9.17) is 0 Å². The van der Waals surface area contributed by atoms with Gasteiger partial charge in [-0.05, 0) is 53.4 Å². The van der Waals surface area contributed by atoms with E-state index in [1.165, 1.54) is 15.8 Å². The molecule has 104 valence electrons. The van der Waals surface area contributed by atoms with Gasteiger partial charge in [0.2, 0.25) is 0 Å². The highest BCUT2D eigenvalue weighted by atomic mass is 32.1. The Hall–Kier alpha value is -1.20. The molecule has 0 saturated carbocycles. The predicted octanol–water partition coefficient (Wildman–Crippen LogP) is 3.06. The predicted molar refractivity (Wildman–Crippen MR) is 83.1 cm³/mol. The third-order valence-electron chi connectivity index (χ3n) is 3.36. The number of anilines is 1. The molecule has 0 amide bonds. The Labute approximate surface area is 118 Å². The molecule has 0 fully saturated rings. The number of hydrogen-bond acceptors (Lipinski definition) is 5. The molecule has 2 aromatic heterocycles. The van der Waals surface area contributed by atoms with Crippen molar-refractivity contribution >= 4 is 27.4 Å². The number of nitrogens with one attached hydrogen (secondary N) is 1. The number of fused-ring (bicyclic) bond motifs is 1. The highest BCUT2D eigenvalue weighted by Gasteiger charge is 2.13. The molecule has 0 aliphatic heterocycles. The van der Waals surface area contributed by atoms with Crippen LogP contribution >= 0.6 is 11.3 Å². The molecule has 0 aromatic carbocycles. The standard InChI is InChI=1S/C14H22N4S/c1-9(6-7-18(4)5)17-13-12-10(2)11(3)19-14(12)16-8-15-13/h8-9H,6-7H2,1-5H3,(H,15,16,17). The fraction of sp³-hybridized carbons (Fsp3) is 0.571. The van der Waals surface area contributed by atoms with E-state index in [0.29, 0.717) is 6.04 Å². The highest BCUT2D eigenvalue weighted by Crippen LogP contribution is 2.32. The van der Waals surface area contributed by atoms with Crippen LogP contribution in [0.2, 0.25) is 0 Å². The van der Waals surface area contributed by atoms with Crippen LogP contribution in [0, 0.1) is 13.8 Å². The smallest absolute Gasteiger partial charge is 0.138 e. The lowest BCUT2D eigenvalue weighted by molar-refractivity contribution is 0.390. The van der Waals surface area contributed by atoms with E-state index in [1.54, 1.807) is 17.7 Å². The van der Waals surface area contributed by atoms with E-state index in [9.17, 15) is 0 Å². The maximum Gasteiger partial charge on any atom is 0.138 e. The Balaban J connectivity index is 2.20. The van der Waals surface area contributed by atoms with Gasteiger partial charge in [0.25, 0.3) is 0 Å². The lowest BCUT2D eigenvalue weighted by Crippen LogP contribution is -2.23. The molecule has 1 atom stereocenters. The number of nitrogens with zero attached hydrogens (tertiary/aromatic N) is 3. The second kappa shape index (κ2) is 5.84. The Kier molecular flexibility index (Phi) is 4.37. The van der Waals surface area contributed by atoms with E-state index in [2.05, 4.69) is 55.1 Å². The molecule has 4 nitrogen and oxygen atoms in total. The molecule has 2 heterocycles. The molecule has 5 heteroatoms. The SMILES string of the molecule is Cc1sc2ncnc(NC(C)CCN(C)C)c2c1C. The van der Waals surface area contributed by atoms with Crippen LogP contribution in [-0.2, 0) is 0 Å². The first kappa shape index (κ1) is 14.2. The highest BCUT2D eigenvalue weighted by molar-refractivity contribution is 7.18. The summed E-state index contributed by atoms with van der Waals surface area (Å²) in [5, 5.41) is 4.71. The summed E-state index contributed by atoms with van der Waals surface area (Å²) in [6.07, 6.45) is 2.75. The number of aryl methyl sites for hydroxylation is 2. The maximum absolute atomic E-state index is 4.42. The number of hydrogen-bond donors (Lipinski definition) is 1. The zero-order chi connectivity index (χ0) is 14.0. The summed E-state index contributed by atoms with van der Waals surface area (Å²) in [6, 6.07) is 0.403. The molecule has 1 N–H and O–H groups in total. The van der Waals surface area contributed by atoms with Gasteiger partial charge in [-0.3, -0.25) is 0 Å². The molecule has 2 rings (SSSR count). The molecular formula is C14H22N4S. The molecule has 0 aliphatic carbocycles. The third-order valence-corrected chi connectivity index (χ3v) is 4.47. The van der Waals surface area contributed by atoms with E-state index in [-0.39, 0.29) is 0 Å². The summed E-state index contributed by atoms with van der Waals surface area (Å²) in [6.45, 7) is 7.56. The quantitative estimate of drug-likeness (QED) is 0.912. The second-order valence-electron chi connectivity index (χ2n) is 5.32. The molecule has 1 unspecified atom stereocenters. The third kappa shape index (κ3) is 3.22. The first-order valence-corrected chi connectivity index (χ1v) is 7.42. The largest absolute Gasteiger partial charge is 0.367 e. The van der Waals surface area contributed by atoms with Crippen LogP contribution in [0.1, 0.15) is 23.8 Å². The van der Waals surface area contributed by atoms with Crippen LogP contribution in [-0.4, -0.2) is 41.5 Å². The summed E-state index contributed by atoms with van der Waals surface area (Å²) in [5.41, 5.74) is 1.29. The van der Waals surface area contributed by atoms with Gasteiger partial charge >= 0.3 is 0 Å². The van der Waals surface area contributed by atoms with Gasteiger partial charge in [-0.15, -0.1) is 11.3 Å². The van der Waals surface area contributed by atoms with Gasteiger partial charge in [0.1, 0.15) is 17.0 Å². The zero-order valence-corrected chi connectivity index (χ0v) is 13.1. The molecule has 2 aromatic rings. The van der Waals surface area contributed by atoms with E-state index < -0.39 is 0 Å². The van der Waals surface area contributed by atoms with Gasteiger partial charge in [-0.2, -0.15) is 0 Å². The fourth-order valence-corrected chi connectivity index (χ4v) is 3.05. The van der Waals surface area contributed by atoms with Crippen LogP contribution in [0.3, 0.4) is 0 Å². The lowest BCUT2D eigenvalue weighted by Gasteiger charge is -2.17. The minimum Gasteiger partial charge on any atom is -0.367 e. The van der Waals surface area contributed by atoms with Crippen molar-refractivity contribution in [1.82, 2.24) is 14.9 Å². The summed E-state index contributed by atoms with van der Waals surface area (Å²) >= 11 is 1.74. The molecule has 19 heavy (non-hydrogen) atoms. The Bertz CT molecular complexity index is 562. The van der Waals surface area contributed by atoms with Crippen molar-refractivity contribution in [3.63, 3.8) is 0 Å². The topological polar surface area (TPSA) is 41.1 Å². The van der Waals surface area contributed by atoms with Crippen LogP contribution in [0.4, 0.5) is 5.82 Å². The van der Waals surface area contributed by atoms with Gasteiger partial charge in [0, 0.05) is 10.9 Å². The first-order chi connectivity index (χ1) is 8.99. The Morgan fingerprint density at radius 1 is 1.32 bits per heavy atom. The van der Waals surface area contributed by atoms with Crippen molar-refractivity contribution in [3.8, 4) is 0 Å². The van der Waals surface area contributed by atoms with Crippen LogP contribution in [0.25, 0.3) is 10.2 Å². The number of aromatic nitrogens is 2. The summed E-state index contributed by atoms with van der Waals surface area (Å²) < 4.78 is 0. The molecule has 0 aliphatic rings. The van der Waals surface area contributed by atoms with Gasteiger partial charge in [0.05, 0.1) is 5.39 Å². The average molecular weight is 278 g/mol. The molecule has 0 spiro atoms. The fourth-order valence-electron chi connectivity index (χ4n) is 2.05. The Morgan fingerprint density at radius 3 is 2.74 bits per heavy atom. The number of rotatable bonds is 5. The van der Waals surface area contributed by atoms with Gasteiger partial charge in [0.15, 0.2) is 0 Å². The monoisotopic (exact) mass is 278 g/mol. The summed E-state index contributed by atoms with van der Waals surface area (Å²) in [4.78, 5) is 13.4. The van der Waals surface area contributed by atoms with Crippen molar-refractivity contribution < 1.29 is 0 Å². The van der Waals surface area contributed by atoms with Gasteiger partial charge in [-0.25, -0.2) is 9.97 Å². The van der Waals surface area contributed by atoms with Crippen molar-refractivity contribution in [3.05, 3.63) is 16.8 Å². The van der Waals surface area contributed by atoms with Gasteiger partial charge in [-0.1, -0.05) is 0 Å². The van der Waals surface area contributed by atoms with Crippen molar-refractivity contribution in [2.45, 2.75) is 33.2 Å². The van der Waals surface area contributed by atoms with Crippen LogP contribution in [0.5, 0.6) is 0 Å². The normalized spacial score (nSPS) is 13.2. The zero-order valence-electron chi connectivity index (χ0n) is 12.3. The second-order valence-corrected chi connectivity index (χ2v) is 6.53. The lowest BCUT2D eigenvalue weighted by atomic mass is 10.2. The minimum absolute atomic E-state index is 0.403. The average Bonchev–Trinajstić information content (AvgIpc) is 2.64. The van der Waals surface area contributed by atoms with E-state index >= 15 is 0 Å². The van der Waals surface area contributed by atoms with E-state index in [0.717, 1.165) is 23.6 Å². The molecule has 0 bridgehead atoms. The maximum atomic E-state index is 4.42. The van der Waals surface area contributed by atoms with Crippen LogP contribution < -0.4 is 5.32 Å². The Morgan fingerprint density at radius 2 is 2.05 bits per heavy atom. The summed E-state index contributed by atoms with van der Waals surface area (Å²) in [5.74, 6) is 0.970. The van der Waals surface area contributed by atoms with E-state index in [1.807, 2.05) is 0 Å². The molecular weight excluding hydrogens is 256 g/mol. The minimum atomic E-state index is 0.403. The first-order valence-electron chi connectivity index (χ1n) is 6.61. The van der Waals surface area contributed by atoms with Crippen molar-refractivity contribution in [2.24, 2.45) is 0 Å². The van der Waals surface area contributed by atoms with Gasteiger partial charge < -0.3 is 10.2 Å². The molecule has 0 radical (unpaired) electrons. The molecule has 0 saturated heterocycles. The van der Waals surface area contributed by atoms with Crippen LogP contribution in [0.15, 0.2) is 6.33 Å². The van der Waals surface area contributed by atoms with Crippen molar-refractivity contribution in [2.75, 3.05) is 26.0 Å². The number of thiophene rings is 1. The van der Waals surface area contributed by atoms with Crippen molar-refractivity contribution in [1.29, 1.82) is 0 Å².